The molecule has 0 unspecified atom stereocenters. The van der Waals surface area contributed by atoms with Gasteiger partial charge in [0.15, 0.2) is 0 Å². The van der Waals surface area contributed by atoms with E-state index >= 15 is 0 Å². The first-order valence-corrected chi connectivity index (χ1v) is 14.1. The maximum atomic E-state index is 4.67. The second-order valence-electron chi connectivity index (χ2n) is 10.8. The molecule has 3 heterocycles. The SMILES string of the molecule is C1=Cc2c(n(-c3cncc4ccccc34)c3ccc4c5ccccc5n(-c5ccc6ccccc6c5)c4c23)C=CC1. The van der Waals surface area contributed by atoms with Crippen molar-refractivity contribution in [3.63, 3.8) is 0 Å². The Kier molecular flexibility index (Phi) is 4.67. The van der Waals surface area contributed by atoms with Crippen molar-refractivity contribution in [2.45, 2.75) is 6.42 Å². The van der Waals surface area contributed by atoms with E-state index in [2.05, 4.69) is 142 Å². The first-order valence-electron chi connectivity index (χ1n) is 14.1. The molecule has 1 aliphatic carbocycles. The third-order valence-electron chi connectivity index (χ3n) is 8.55. The van der Waals surface area contributed by atoms with Gasteiger partial charge in [-0.1, -0.05) is 97.1 Å². The Labute approximate surface area is 236 Å². The van der Waals surface area contributed by atoms with Crippen molar-refractivity contribution in [3.05, 3.63) is 139 Å². The molecular weight excluding hydrogens is 498 g/mol. The molecule has 0 atom stereocenters. The maximum absolute atomic E-state index is 4.67. The molecule has 5 aromatic carbocycles. The average molecular weight is 524 g/mol. The van der Waals surface area contributed by atoms with Gasteiger partial charge in [0.05, 0.1) is 34.1 Å². The van der Waals surface area contributed by atoms with E-state index < -0.39 is 0 Å². The molecule has 0 fully saturated rings. The van der Waals surface area contributed by atoms with Crippen LogP contribution in [0.1, 0.15) is 17.7 Å². The molecular formula is C38H25N3. The second kappa shape index (κ2) is 8.54. The maximum Gasteiger partial charge on any atom is 0.0723 e. The van der Waals surface area contributed by atoms with Crippen LogP contribution in [0.5, 0.6) is 0 Å². The number of nitrogens with zero attached hydrogens (tertiary/aromatic N) is 3. The van der Waals surface area contributed by atoms with Crippen LogP contribution < -0.4 is 0 Å². The lowest BCUT2D eigenvalue weighted by molar-refractivity contribution is 1.10. The van der Waals surface area contributed by atoms with Crippen molar-refractivity contribution in [2.24, 2.45) is 0 Å². The van der Waals surface area contributed by atoms with Crippen molar-refractivity contribution in [2.75, 3.05) is 0 Å². The smallest absolute Gasteiger partial charge is 0.0723 e. The predicted octanol–water partition coefficient (Wildman–Crippen LogP) is 9.86. The molecule has 8 aromatic rings. The lowest BCUT2D eigenvalue weighted by Gasteiger charge is -2.12. The summed E-state index contributed by atoms with van der Waals surface area (Å²) in [6, 6.07) is 37.3. The van der Waals surface area contributed by atoms with Crippen LogP contribution in [0.4, 0.5) is 0 Å². The van der Waals surface area contributed by atoms with Gasteiger partial charge in [-0.3, -0.25) is 4.98 Å². The van der Waals surface area contributed by atoms with Crippen molar-refractivity contribution in [1.82, 2.24) is 14.1 Å². The van der Waals surface area contributed by atoms with Gasteiger partial charge < -0.3 is 9.13 Å². The van der Waals surface area contributed by atoms with Gasteiger partial charge in [-0.2, -0.15) is 0 Å². The molecule has 41 heavy (non-hydrogen) atoms. The van der Waals surface area contributed by atoms with Crippen molar-refractivity contribution in [1.29, 1.82) is 0 Å². The molecule has 3 nitrogen and oxygen atoms in total. The zero-order valence-electron chi connectivity index (χ0n) is 22.3. The molecule has 3 heteroatoms. The molecule has 0 saturated carbocycles. The third kappa shape index (κ3) is 3.17. The van der Waals surface area contributed by atoms with Crippen molar-refractivity contribution in [3.8, 4) is 11.4 Å². The standard InChI is InChI=1S/C38H25N3/c1-2-15-32-34(16-3-1)41(36-24-39-23-27-12-6-7-13-29(27)36)35-21-20-31-30-14-8-9-17-33(30)40(38(31)37(32)35)28-19-18-25-10-4-5-11-26(25)22-28/h2-24H,1H2. The van der Waals surface area contributed by atoms with Gasteiger partial charge in [-0.05, 0) is 47.5 Å². The highest BCUT2D eigenvalue weighted by Crippen LogP contribution is 2.43. The zero-order chi connectivity index (χ0) is 26.9. The normalized spacial score (nSPS) is 13.1. The van der Waals surface area contributed by atoms with Crippen LogP contribution in [0.3, 0.4) is 0 Å². The molecule has 0 amide bonds. The van der Waals surface area contributed by atoms with E-state index in [1.165, 1.54) is 65.8 Å². The summed E-state index contributed by atoms with van der Waals surface area (Å²) in [5.41, 5.74) is 8.34. The first-order chi connectivity index (χ1) is 20.4. The fourth-order valence-electron chi connectivity index (χ4n) is 6.78. The Hall–Kier alpha value is -5.41. The van der Waals surface area contributed by atoms with Gasteiger partial charge in [0, 0.05) is 44.4 Å². The van der Waals surface area contributed by atoms with Crippen molar-refractivity contribution < 1.29 is 0 Å². The number of para-hydroxylation sites is 1. The summed E-state index contributed by atoms with van der Waals surface area (Å²) in [5, 5.41) is 8.61. The van der Waals surface area contributed by atoms with E-state index in [-0.39, 0.29) is 0 Å². The fourth-order valence-corrected chi connectivity index (χ4v) is 6.78. The minimum absolute atomic E-state index is 0.910. The predicted molar refractivity (Wildman–Crippen MR) is 173 cm³/mol. The van der Waals surface area contributed by atoms with Gasteiger partial charge in [0.1, 0.15) is 0 Å². The largest absolute Gasteiger partial charge is 0.309 e. The summed E-state index contributed by atoms with van der Waals surface area (Å²) in [6.07, 6.45) is 14.0. The monoisotopic (exact) mass is 523 g/mol. The molecule has 0 spiro atoms. The van der Waals surface area contributed by atoms with E-state index in [9.17, 15) is 0 Å². The van der Waals surface area contributed by atoms with Crippen LogP contribution in [-0.2, 0) is 0 Å². The van der Waals surface area contributed by atoms with E-state index in [0.717, 1.165) is 17.5 Å². The Bertz CT molecular complexity index is 2390. The highest BCUT2D eigenvalue weighted by Gasteiger charge is 2.23. The number of benzene rings is 5. The number of pyridine rings is 1. The molecule has 0 radical (unpaired) electrons. The Morgan fingerprint density at radius 2 is 1.34 bits per heavy atom. The van der Waals surface area contributed by atoms with Gasteiger partial charge in [-0.25, -0.2) is 0 Å². The number of hydrogen-bond donors (Lipinski definition) is 0. The second-order valence-corrected chi connectivity index (χ2v) is 10.8. The van der Waals surface area contributed by atoms with Crippen LogP contribution in [0, 0.1) is 0 Å². The fraction of sp³-hybridized carbons (Fsp3) is 0.0263. The lowest BCUT2D eigenvalue weighted by atomic mass is 10.1. The lowest BCUT2D eigenvalue weighted by Crippen LogP contribution is -1.99. The molecule has 192 valence electrons. The van der Waals surface area contributed by atoms with Crippen molar-refractivity contribution >= 4 is 66.4 Å². The number of allylic oxidation sites excluding steroid dienone is 2. The Balaban J connectivity index is 1.49. The minimum atomic E-state index is 0.910. The summed E-state index contributed by atoms with van der Waals surface area (Å²) in [7, 11) is 0. The number of hydrogen-bond acceptors (Lipinski definition) is 1. The summed E-state index contributed by atoms with van der Waals surface area (Å²) < 4.78 is 4.88. The molecule has 9 rings (SSSR count). The molecule has 1 aliphatic rings. The van der Waals surface area contributed by atoms with E-state index in [0.29, 0.717) is 0 Å². The number of fused-ring (bicyclic) bond motifs is 9. The molecule has 0 saturated heterocycles. The van der Waals surface area contributed by atoms with Gasteiger partial charge in [0.2, 0.25) is 0 Å². The molecule has 0 bridgehead atoms. The topological polar surface area (TPSA) is 22.8 Å². The van der Waals surface area contributed by atoms with E-state index in [4.69, 9.17) is 0 Å². The summed E-state index contributed by atoms with van der Waals surface area (Å²) in [5.74, 6) is 0. The summed E-state index contributed by atoms with van der Waals surface area (Å²) in [6.45, 7) is 0. The zero-order valence-corrected chi connectivity index (χ0v) is 22.3. The third-order valence-corrected chi connectivity index (χ3v) is 8.55. The quantitative estimate of drug-likeness (QED) is 0.221. The molecule has 0 N–H and O–H groups in total. The highest BCUT2D eigenvalue weighted by molar-refractivity contribution is 6.21. The number of rotatable bonds is 2. The minimum Gasteiger partial charge on any atom is -0.309 e. The van der Waals surface area contributed by atoms with Gasteiger partial charge >= 0.3 is 0 Å². The average Bonchev–Trinajstić information content (AvgIpc) is 3.41. The van der Waals surface area contributed by atoms with Gasteiger partial charge in [0.25, 0.3) is 0 Å². The Morgan fingerprint density at radius 1 is 0.561 bits per heavy atom. The summed E-state index contributed by atoms with van der Waals surface area (Å²) in [4.78, 5) is 4.67. The van der Waals surface area contributed by atoms with E-state index in [1.807, 2.05) is 12.4 Å². The Morgan fingerprint density at radius 3 is 2.27 bits per heavy atom. The van der Waals surface area contributed by atoms with Crippen LogP contribution in [-0.4, -0.2) is 14.1 Å². The van der Waals surface area contributed by atoms with E-state index in [1.54, 1.807) is 0 Å². The molecule has 0 aliphatic heterocycles. The first kappa shape index (κ1) is 22.4. The van der Waals surface area contributed by atoms with Gasteiger partial charge in [-0.15, -0.1) is 0 Å². The number of aromatic nitrogens is 3. The molecule has 3 aromatic heterocycles. The van der Waals surface area contributed by atoms with Crippen LogP contribution in [0.2, 0.25) is 0 Å². The van der Waals surface area contributed by atoms with Crippen LogP contribution >= 0.6 is 0 Å². The summed E-state index contributed by atoms with van der Waals surface area (Å²) >= 11 is 0. The highest BCUT2D eigenvalue weighted by atomic mass is 15.0. The van der Waals surface area contributed by atoms with Crippen LogP contribution in [0.15, 0.2) is 128 Å². The van der Waals surface area contributed by atoms with Crippen LogP contribution in [0.25, 0.3) is 77.8 Å².